The van der Waals surface area contributed by atoms with Gasteiger partial charge in [0.2, 0.25) is 0 Å². The normalized spacial score (nSPS) is 32.2. The van der Waals surface area contributed by atoms with E-state index in [0.29, 0.717) is 12.3 Å². The highest BCUT2D eigenvalue weighted by Crippen LogP contribution is 2.23. The average molecular weight is 235 g/mol. The number of likely N-dealkylation sites (tertiary alicyclic amines) is 1. The van der Waals surface area contributed by atoms with Crippen LogP contribution in [0.15, 0.2) is 0 Å². The number of hydrogen-bond donors (Lipinski definition) is 1. The molecule has 2 unspecified atom stereocenters. The molecule has 90 valence electrons. The fourth-order valence-corrected chi connectivity index (χ4v) is 2.46. The highest BCUT2D eigenvalue weighted by molar-refractivity contribution is 5.85. The van der Waals surface area contributed by atoms with Crippen molar-refractivity contribution in [3.05, 3.63) is 0 Å². The second-order valence-corrected chi connectivity index (χ2v) is 4.79. The smallest absolute Gasteiger partial charge is 0.108 e. The van der Waals surface area contributed by atoms with Gasteiger partial charge >= 0.3 is 0 Å². The monoisotopic (exact) mass is 234 g/mol. The van der Waals surface area contributed by atoms with Crippen molar-refractivity contribution in [1.82, 2.24) is 10.2 Å². The van der Waals surface area contributed by atoms with Gasteiger partial charge in [-0.2, -0.15) is 0 Å². The van der Waals surface area contributed by atoms with Crippen molar-refractivity contribution >= 4 is 12.4 Å². The molecule has 0 radical (unpaired) electrons. The molecule has 2 saturated heterocycles. The molecule has 0 aromatic carbocycles. The van der Waals surface area contributed by atoms with Gasteiger partial charge in [-0.1, -0.05) is 0 Å². The molecular weight excluding hydrogens is 212 g/mol. The molecule has 0 bridgehead atoms. The molecule has 0 aliphatic carbocycles. The predicted octanol–water partition coefficient (Wildman–Crippen LogP) is 1.47. The highest BCUT2D eigenvalue weighted by atomic mass is 35.5. The third-order valence-electron chi connectivity index (χ3n) is 3.39. The van der Waals surface area contributed by atoms with E-state index in [1.165, 1.54) is 25.9 Å². The number of rotatable bonds is 3. The average Bonchev–Trinajstić information content (AvgIpc) is 2.75. The molecule has 2 atom stereocenters. The van der Waals surface area contributed by atoms with Crippen LogP contribution in [0, 0.1) is 5.92 Å². The van der Waals surface area contributed by atoms with E-state index in [1.807, 2.05) is 0 Å². The minimum absolute atomic E-state index is 0. The van der Waals surface area contributed by atoms with Gasteiger partial charge in [0.1, 0.15) is 6.23 Å². The van der Waals surface area contributed by atoms with Crippen LogP contribution in [0.5, 0.6) is 0 Å². The van der Waals surface area contributed by atoms with E-state index in [0.717, 1.165) is 19.1 Å². The maximum Gasteiger partial charge on any atom is 0.108 e. The maximum absolute atomic E-state index is 5.58. The summed E-state index contributed by atoms with van der Waals surface area (Å²) in [5.41, 5.74) is 0. The lowest BCUT2D eigenvalue weighted by Crippen LogP contribution is -2.30. The van der Waals surface area contributed by atoms with E-state index in [4.69, 9.17) is 4.74 Å². The third-order valence-corrected chi connectivity index (χ3v) is 3.39. The zero-order chi connectivity index (χ0) is 9.97. The Morgan fingerprint density at radius 2 is 2.27 bits per heavy atom. The van der Waals surface area contributed by atoms with Gasteiger partial charge in [-0.05, 0) is 39.2 Å². The van der Waals surface area contributed by atoms with E-state index < -0.39 is 0 Å². The predicted molar refractivity (Wildman–Crippen MR) is 64.4 cm³/mol. The van der Waals surface area contributed by atoms with Crippen LogP contribution >= 0.6 is 12.4 Å². The zero-order valence-corrected chi connectivity index (χ0v) is 10.6. The van der Waals surface area contributed by atoms with Gasteiger partial charge in [0.05, 0.1) is 6.61 Å². The van der Waals surface area contributed by atoms with Crippen LogP contribution in [0.1, 0.15) is 26.7 Å². The van der Waals surface area contributed by atoms with E-state index >= 15 is 0 Å². The van der Waals surface area contributed by atoms with Crippen LogP contribution in [-0.4, -0.2) is 43.4 Å². The van der Waals surface area contributed by atoms with Crippen LogP contribution in [0.4, 0.5) is 0 Å². The topological polar surface area (TPSA) is 24.5 Å². The third kappa shape index (κ3) is 3.59. The molecule has 0 spiro atoms. The summed E-state index contributed by atoms with van der Waals surface area (Å²) in [7, 11) is 0. The fourth-order valence-electron chi connectivity index (χ4n) is 2.46. The van der Waals surface area contributed by atoms with Gasteiger partial charge in [0.15, 0.2) is 0 Å². The molecule has 15 heavy (non-hydrogen) atoms. The second kappa shape index (κ2) is 6.04. The number of nitrogens with zero attached hydrogens (tertiary/aromatic N) is 1. The molecule has 2 aliphatic heterocycles. The molecule has 0 amide bonds. The van der Waals surface area contributed by atoms with Crippen LogP contribution in [0.25, 0.3) is 0 Å². The molecule has 2 aliphatic rings. The van der Waals surface area contributed by atoms with Crippen molar-refractivity contribution in [3.63, 3.8) is 0 Å². The van der Waals surface area contributed by atoms with Crippen molar-refractivity contribution in [2.45, 2.75) is 39.0 Å². The molecule has 0 saturated carbocycles. The Hall–Kier alpha value is 0.170. The van der Waals surface area contributed by atoms with Crippen molar-refractivity contribution in [2.24, 2.45) is 5.92 Å². The number of halogens is 1. The van der Waals surface area contributed by atoms with Crippen LogP contribution in [0.2, 0.25) is 0 Å². The highest BCUT2D eigenvalue weighted by Gasteiger charge is 2.27. The molecule has 0 aromatic heterocycles. The minimum atomic E-state index is 0. The van der Waals surface area contributed by atoms with E-state index in [9.17, 15) is 0 Å². The van der Waals surface area contributed by atoms with E-state index in [-0.39, 0.29) is 12.4 Å². The van der Waals surface area contributed by atoms with Gasteiger partial charge in [0, 0.05) is 19.1 Å². The van der Waals surface area contributed by atoms with Gasteiger partial charge in [-0.15, -0.1) is 12.4 Å². The van der Waals surface area contributed by atoms with E-state index in [1.54, 1.807) is 0 Å². The summed E-state index contributed by atoms with van der Waals surface area (Å²) < 4.78 is 5.58. The first-order chi connectivity index (χ1) is 6.75. The lowest BCUT2D eigenvalue weighted by Gasteiger charge is -2.21. The summed E-state index contributed by atoms with van der Waals surface area (Å²) >= 11 is 0. The maximum atomic E-state index is 5.58. The van der Waals surface area contributed by atoms with Gasteiger partial charge in [-0.25, -0.2) is 0 Å². The summed E-state index contributed by atoms with van der Waals surface area (Å²) in [5, 5.41) is 3.39. The largest absolute Gasteiger partial charge is 0.362 e. The number of nitrogens with one attached hydrogen (secondary N) is 1. The van der Waals surface area contributed by atoms with Crippen molar-refractivity contribution < 1.29 is 4.74 Å². The molecule has 4 heteroatoms. The second-order valence-electron chi connectivity index (χ2n) is 4.79. The van der Waals surface area contributed by atoms with Crippen LogP contribution < -0.4 is 5.32 Å². The zero-order valence-electron chi connectivity index (χ0n) is 9.74. The molecule has 2 rings (SSSR count). The molecule has 3 nitrogen and oxygen atoms in total. The van der Waals surface area contributed by atoms with Crippen LogP contribution in [-0.2, 0) is 4.74 Å². The van der Waals surface area contributed by atoms with Crippen LogP contribution in [0.3, 0.4) is 0 Å². The van der Waals surface area contributed by atoms with E-state index in [2.05, 4.69) is 24.1 Å². The Morgan fingerprint density at radius 1 is 1.47 bits per heavy atom. The molecule has 0 aromatic rings. The quantitative estimate of drug-likeness (QED) is 0.801. The number of hydrogen-bond acceptors (Lipinski definition) is 3. The van der Waals surface area contributed by atoms with Gasteiger partial charge in [0.25, 0.3) is 0 Å². The lowest BCUT2D eigenvalue weighted by molar-refractivity contribution is 0.0797. The Kier molecular flexibility index (Phi) is 5.33. The van der Waals surface area contributed by atoms with Crippen molar-refractivity contribution in [1.29, 1.82) is 0 Å². The Bertz CT molecular complexity index is 183. The van der Waals surface area contributed by atoms with Crippen molar-refractivity contribution in [3.8, 4) is 0 Å². The first kappa shape index (κ1) is 13.2. The SMILES string of the molecule is CC(C)N1CCC(CC2NCCO2)C1.Cl. The summed E-state index contributed by atoms with van der Waals surface area (Å²) in [6, 6.07) is 0.706. The van der Waals surface area contributed by atoms with Crippen molar-refractivity contribution in [2.75, 3.05) is 26.2 Å². The Balaban J connectivity index is 0.00000112. The summed E-state index contributed by atoms with van der Waals surface area (Å²) in [6.45, 7) is 9.03. The molecular formula is C11H23ClN2O. The first-order valence-corrected chi connectivity index (χ1v) is 5.84. The molecule has 2 fully saturated rings. The summed E-state index contributed by atoms with van der Waals surface area (Å²) in [4.78, 5) is 2.57. The lowest BCUT2D eigenvalue weighted by atomic mass is 10.0. The fraction of sp³-hybridized carbons (Fsp3) is 1.00. The first-order valence-electron chi connectivity index (χ1n) is 5.84. The standard InChI is InChI=1S/C11H22N2O.ClH/c1-9(2)13-5-3-10(8-13)7-11-12-4-6-14-11;/h9-12H,3-8H2,1-2H3;1H. The Labute approximate surface area is 99.0 Å². The molecule has 1 N–H and O–H groups in total. The minimum Gasteiger partial charge on any atom is -0.362 e. The van der Waals surface area contributed by atoms with Gasteiger partial charge < -0.3 is 9.64 Å². The Morgan fingerprint density at radius 3 is 2.80 bits per heavy atom. The molecule has 2 heterocycles. The summed E-state index contributed by atoms with van der Waals surface area (Å²) in [6.07, 6.45) is 2.88. The summed E-state index contributed by atoms with van der Waals surface area (Å²) in [5.74, 6) is 0.841. The number of ether oxygens (including phenoxy) is 1. The van der Waals surface area contributed by atoms with Gasteiger partial charge in [-0.3, -0.25) is 5.32 Å².